The van der Waals surface area contributed by atoms with Crippen molar-refractivity contribution >= 4 is 29.2 Å². The van der Waals surface area contributed by atoms with Gasteiger partial charge in [-0.05, 0) is 17.3 Å². The molecule has 1 aromatic carbocycles. The van der Waals surface area contributed by atoms with Gasteiger partial charge in [0.25, 0.3) is 11.7 Å². The molecular weight excluding hydrogens is 255 g/mol. The molecule has 0 fully saturated rings. The number of rotatable bonds is 2. The summed E-state index contributed by atoms with van der Waals surface area (Å²) in [6.45, 7) is 0. The third kappa shape index (κ3) is 1.87. The second-order valence-electron chi connectivity index (χ2n) is 2.83. The van der Waals surface area contributed by atoms with Gasteiger partial charge in [0, 0.05) is 0 Å². The number of aromatic nitrogens is 2. The van der Waals surface area contributed by atoms with Crippen molar-refractivity contribution in [2.45, 2.75) is 0 Å². The summed E-state index contributed by atoms with van der Waals surface area (Å²) in [4.78, 5) is 14.2. The lowest BCUT2D eigenvalue weighted by atomic mass is 10.2. The maximum Gasteiger partial charge on any atom is 0.377 e. The Labute approximate surface area is 99.6 Å². The molecule has 82 valence electrons. The van der Waals surface area contributed by atoms with Crippen molar-refractivity contribution in [2.24, 2.45) is 0 Å². The average molecular weight is 259 g/mol. The summed E-state index contributed by atoms with van der Waals surface area (Å²) in [5.41, 5.74) is 0.397. The Bertz CT molecular complexity index is 553. The van der Waals surface area contributed by atoms with Crippen molar-refractivity contribution in [3.63, 3.8) is 0 Å². The van der Waals surface area contributed by atoms with Gasteiger partial charge in [-0.25, -0.2) is 4.79 Å². The minimum Gasteiger partial charge on any atom is -0.475 e. The molecule has 1 heterocycles. The van der Waals surface area contributed by atoms with Gasteiger partial charge in [0.05, 0.1) is 15.6 Å². The Morgan fingerprint density at radius 2 is 2.12 bits per heavy atom. The highest BCUT2D eigenvalue weighted by Crippen LogP contribution is 2.32. The fourth-order valence-electron chi connectivity index (χ4n) is 1.09. The fourth-order valence-corrected chi connectivity index (χ4v) is 1.47. The van der Waals surface area contributed by atoms with Crippen LogP contribution in [0.2, 0.25) is 10.0 Å². The van der Waals surface area contributed by atoms with Crippen LogP contribution < -0.4 is 0 Å². The van der Waals surface area contributed by atoms with Crippen LogP contribution in [-0.4, -0.2) is 21.2 Å². The van der Waals surface area contributed by atoms with E-state index >= 15 is 0 Å². The van der Waals surface area contributed by atoms with Crippen LogP contribution in [0.25, 0.3) is 11.5 Å². The Kier molecular flexibility index (Phi) is 2.80. The largest absolute Gasteiger partial charge is 0.475 e. The summed E-state index contributed by atoms with van der Waals surface area (Å²) in [5.74, 6) is -1.68. The molecule has 0 aliphatic rings. The molecule has 0 saturated heterocycles. The van der Waals surface area contributed by atoms with Gasteiger partial charge in [0.15, 0.2) is 0 Å². The Balaban J connectivity index is 2.50. The maximum atomic E-state index is 10.6. The first kappa shape index (κ1) is 10.9. The first-order valence-corrected chi connectivity index (χ1v) is 4.86. The summed E-state index contributed by atoms with van der Waals surface area (Å²) in [6, 6.07) is 4.85. The number of hydrogen-bond acceptors (Lipinski definition) is 4. The molecule has 0 saturated carbocycles. The normalized spacial score (nSPS) is 10.4. The van der Waals surface area contributed by atoms with E-state index in [4.69, 9.17) is 32.8 Å². The first-order chi connectivity index (χ1) is 7.59. The minimum atomic E-state index is -1.27. The van der Waals surface area contributed by atoms with Gasteiger partial charge < -0.3 is 9.63 Å². The zero-order valence-electron chi connectivity index (χ0n) is 7.65. The molecule has 5 nitrogen and oxygen atoms in total. The molecule has 0 radical (unpaired) electrons. The summed E-state index contributed by atoms with van der Waals surface area (Å²) in [6.07, 6.45) is 0. The lowest BCUT2D eigenvalue weighted by molar-refractivity contribution is 0.0680. The van der Waals surface area contributed by atoms with Crippen LogP contribution in [0.3, 0.4) is 0 Å². The van der Waals surface area contributed by atoms with Gasteiger partial charge in [-0.15, -0.1) is 0 Å². The summed E-state index contributed by atoms with van der Waals surface area (Å²) in [7, 11) is 0. The van der Waals surface area contributed by atoms with Crippen molar-refractivity contribution in [2.75, 3.05) is 0 Å². The Hall–Kier alpha value is -1.59. The zero-order chi connectivity index (χ0) is 11.7. The minimum absolute atomic E-state index is 0.0184. The topological polar surface area (TPSA) is 76.2 Å². The van der Waals surface area contributed by atoms with Crippen LogP contribution in [-0.2, 0) is 0 Å². The molecule has 7 heteroatoms. The first-order valence-electron chi connectivity index (χ1n) is 4.11. The van der Waals surface area contributed by atoms with Crippen molar-refractivity contribution in [1.29, 1.82) is 0 Å². The highest BCUT2D eigenvalue weighted by molar-refractivity contribution is 6.43. The van der Waals surface area contributed by atoms with Crippen LogP contribution in [0, 0.1) is 0 Å². The van der Waals surface area contributed by atoms with Crippen LogP contribution in [0.5, 0.6) is 0 Å². The molecule has 0 atom stereocenters. The van der Waals surface area contributed by atoms with Crippen LogP contribution in [0.1, 0.15) is 10.6 Å². The summed E-state index contributed by atoms with van der Waals surface area (Å²) < 4.78 is 4.76. The molecule has 0 bridgehead atoms. The lowest BCUT2D eigenvalue weighted by Gasteiger charge is -1.99. The van der Waals surface area contributed by atoms with E-state index < -0.39 is 11.8 Å². The van der Waals surface area contributed by atoms with Gasteiger partial charge in [-0.3, -0.25) is 0 Å². The zero-order valence-corrected chi connectivity index (χ0v) is 9.16. The highest BCUT2D eigenvalue weighted by Gasteiger charge is 2.17. The van der Waals surface area contributed by atoms with Crippen molar-refractivity contribution in [3.05, 3.63) is 34.1 Å². The quantitative estimate of drug-likeness (QED) is 0.897. The second-order valence-corrected chi connectivity index (χ2v) is 3.61. The number of halogens is 2. The second kappa shape index (κ2) is 4.11. The predicted molar refractivity (Wildman–Crippen MR) is 56.7 cm³/mol. The van der Waals surface area contributed by atoms with E-state index in [0.29, 0.717) is 10.6 Å². The molecule has 0 spiro atoms. The van der Waals surface area contributed by atoms with Crippen molar-refractivity contribution in [3.8, 4) is 11.5 Å². The molecule has 0 amide bonds. The summed E-state index contributed by atoms with van der Waals surface area (Å²) >= 11 is 11.7. The molecule has 0 unspecified atom stereocenters. The molecule has 1 N–H and O–H groups in total. The Morgan fingerprint density at radius 3 is 2.75 bits per heavy atom. The predicted octanol–water partition coefficient (Wildman–Crippen LogP) is 2.74. The standard InChI is InChI=1S/C9H4Cl2N2O3/c10-5-3-1-2-4(6(5)11)8-12-7(9(14)15)13-16-8/h1-3H,(H,14,15). The van der Waals surface area contributed by atoms with Crippen LogP contribution >= 0.6 is 23.2 Å². The van der Waals surface area contributed by atoms with Gasteiger partial charge in [-0.2, -0.15) is 4.98 Å². The van der Waals surface area contributed by atoms with E-state index in [-0.39, 0.29) is 10.9 Å². The molecule has 1 aromatic heterocycles. The molecule has 2 rings (SSSR count). The number of carboxylic acid groups (broad SMARTS) is 1. The molecular formula is C9H4Cl2N2O3. The number of nitrogens with zero attached hydrogens (tertiary/aromatic N) is 2. The van der Waals surface area contributed by atoms with E-state index in [1.165, 1.54) is 0 Å². The van der Waals surface area contributed by atoms with Gasteiger partial charge in [-0.1, -0.05) is 29.3 Å². The third-order valence-electron chi connectivity index (χ3n) is 1.80. The Morgan fingerprint density at radius 1 is 1.38 bits per heavy atom. The number of benzene rings is 1. The third-order valence-corrected chi connectivity index (χ3v) is 2.62. The van der Waals surface area contributed by atoms with E-state index in [2.05, 4.69) is 10.1 Å². The number of hydrogen-bond donors (Lipinski definition) is 1. The molecule has 2 aromatic rings. The van der Waals surface area contributed by atoms with Gasteiger partial charge >= 0.3 is 5.97 Å². The lowest BCUT2D eigenvalue weighted by Crippen LogP contribution is -1.98. The van der Waals surface area contributed by atoms with Crippen LogP contribution in [0.4, 0.5) is 0 Å². The number of carboxylic acids is 1. The smallest absolute Gasteiger partial charge is 0.377 e. The van der Waals surface area contributed by atoms with Crippen molar-refractivity contribution in [1.82, 2.24) is 10.1 Å². The van der Waals surface area contributed by atoms with E-state index in [1.54, 1.807) is 18.2 Å². The molecule has 0 aliphatic carbocycles. The molecule has 0 aliphatic heterocycles. The van der Waals surface area contributed by atoms with Gasteiger partial charge in [0.2, 0.25) is 0 Å². The van der Waals surface area contributed by atoms with Gasteiger partial charge in [0.1, 0.15) is 0 Å². The summed E-state index contributed by atoms with van der Waals surface area (Å²) in [5, 5.41) is 12.5. The maximum absolute atomic E-state index is 10.6. The van der Waals surface area contributed by atoms with Crippen LogP contribution in [0.15, 0.2) is 22.7 Å². The van der Waals surface area contributed by atoms with E-state index in [1.807, 2.05) is 0 Å². The van der Waals surface area contributed by atoms with E-state index in [0.717, 1.165) is 0 Å². The number of carbonyl (C=O) groups is 1. The highest BCUT2D eigenvalue weighted by atomic mass is 35.5. The SMILES string of the molecule is O=C(O)c1noc(-c2cccc(Cl)c2Cl)n1. The van der Waals surface area contributed by atoms with E-state index in [9.17, 15) is 4.79 Å². The molecule has 16 heavy (non-hydrogen) atoms. The monoisotopic (exact) mass is 258 g/mol. The average Bonchev–Trinajstić information content (AvgIpc) is 2.71. The fraction of sp³-hybridized carbons (Fsp3) is 0. The number of aromatic carboxylic acids is 1. The van der Waals surface area contributed by atoms with Crippen molar-refractivity contribution < 1.29 is 14.4 Å².